The lowest BCUT2D eigenvalue weighted by molar-refractivity contribution is -0.123. The van der Waals surface area contributed by atoms with Crippen molar-refractivity contribution < 1.29 is 19.1 Å². The van der Waals surface area contributed by atoms with Gasteiger partial charge in [-0.15, -0.1) is 0 Å². The molecule has 3 aromatic carbocycles. The van der Waals surface area contributed by atoms with Crippen LogP contribution in [-0.2, 0) is 17.9 Å². The second-order valence-electron chi connectivity index (χ2n) is 7.42. The number of ether oxygens (including phenoxy) is 2. The predicted molar refractivity (Wildman–Crippen MR) is 149 cm³/mol. The van der Waals surface area contributed by atoms with Crippen molar-refractivity contribution in [3.8, 4) is 11.5 Å². The standard InChI is InChI=1S/C25H17Cl3INO4S/c1-33-21-9-14(8-20(29)23(21)34-13-16-4-2-3-5-18(16)27)10-22-24(31)30(25(32)35-22)12-15-6-7-17(26)11-19(15)28/h2-11H,12-13H2,1H3/b22-10-. The van der Waals surface area contributed by atoms with Crippen molar-refractivity contribution >= 4 is 86.4 Å². The topological polar surface area (TPSA) is 55.8 Å². The Balaban J connectivity index is 1.54. The van der Waals surface area contributed by atoms with Crippen molar-refractivity contribution in [2.45, 2.75) is 13.2 Å². The minimum atomic E-state index is -0.390. The van der Waals surface area contributed by atoms with Crippen LogP contribution in [0.3, 0.4) is 0 Å². The normalized spacial score (nSPS) is 14.7. The minimum absolute atomic E-state index is 0.0632. The number of amides is 2. The van der Waals surface area contributed by atoms with Crippen molar-refractivity contribution in [1.29, 1.82) is 0 Å². The molecular weight excluding hydrogens is 644 g/mol. The van der Waals surface area contributed by atoms with Gasteiger partial charge in [0, 0.05) is 20.6 Å². The van der Waals surface area contributed by atoms with Crippen LogP contribution in [0.4, 0.5) is 4.79 Å². The summed E-state index contributed by atoms with van der Waals surface area (Å²) >= 11 is 21.4. The first-order valence-electron chi connectivity index (χ1n) is 10.2. The summed E-state index contributed by atoms with van der Waals surface area (Å²) in [6.45, 7) is 0.339. The maximum atomic E-state index is 13.0. The van der Waals surface area contributed by atoms with Crippen LogP contribution in [0, 0.1) is 3.57 Å². The molecule has 0 N–H and O–H groups in total. The largest absolute Gasteiger partial charge is 0.493 e. The van der Waals surface area contributed by atoms with E-state index in [-0.39, 0.29) is 24.3 Å². The van der Waals surface area contributed by atoms with Gasteiger partial charge < -0.3 is 9.47 Å². The van der Waals surface area contributed by atoms with Crippen molar-refractivity contribution in [2.24, 2.45) is 0 Å². The maximum absolute atomic E-state index is 13.0. The Hall–Kier alpha value is -1.91. The van der Waals surface area contributed by atoms with Gasteiger partial charge in [0.2, 0.25) is 0 Å². The Morgan fingerprint density at radius 1 is 1.00 bits per heavy atom. The smallest absolute Gasteiger partial charge is 0.293 e. The summed E-state index contributed by atoms with van der Waals surface area (Å²) in [6, 6.07) is 16.0. The highest BCUT2D eigenvalue weighted by atomic mass is 127. The molecule has 0 aromatic heterocycles. The first kappa shape index (κ1) is 26.2. The molecule has 0 radical (unpaired) electrons. The second-order valence-corrected chi connectivity index (χ2v) is 10.8. The zero-order chi connectivity index (χ0) is 25.1. The van der Waals surface area contributed by atoms with Crippen LogP contribution in [0.25, 0.3) is 6.08 Å². The lowest BCUT2D eigenvalue weighted by Gasteiger charge is -2.15. The van der Waals surface area contributed by atoms with E-state index in [2.05, 4.69) is 22.6 Å². The molecule has 1 aliphatic rings. The summed E-state index contributed by atoms with van der Waals surface area (Å²) in [6.07, 6.45) is 1.66. The summed E-state index contributed by atoms with van der Waals surface area (Å²) in [4.78, 5) is 27.0. The number of methoxy groups -OCH3 is 1. The van der Waals surface area contributed by atoms with Crippen LogP contribution in [-0.4, -0.2) is 23.2 Å². The van der Waals surface area contributed by atoms with E-state index in [9.17, 15) is 9.59 Å². The summed E-state index contributed by atoms with van der Waals surface area (Å²) in [5.74, 6) is 0.678. The quantitative estimate of drug-likeness (QED) is 0.190. The number of thioether (sulfide) groups is 1. The summed E-state index contributed by atoms with van der Waals surface area (Å²) < 4.78 is 12.3. The Morgan fingerprint density at radius 2 is 1.77 bits per heavy atom. The molecule has 2 amide bonds. The molecule has 5 nitrogen and oxygen atoms in total. The molecule has 3 aromatic rings. The molecule has 1 aliphatic heterocycles. The molecule has 0 bridgehead atoms. The van der Waals surface area contributed by atoms with Crippen LogP contribution in [0.15, 0.2) is 59.5 Å². The van der Waals surface area contributed by atoms with Gasteiger partial charge in [0.1, 0.15) is 6.61 Å². The Kier molecular flexibility index (Phi) is 8.54. The second kappa shape index (κ2) is 11.4. The van der Waals surface area contributed by atoms with E-state index in [4.69, 9.17) is 44.3 Å². The fraction of sp³-hybridized carbons (Fsp3) is 0.120. The molecule has 35 heavy (non-hydrogen) atoms. The number of hydrogen-bond donors (Lipinski definition) is 0. The SMILES string of the molecule is COc1cc(/C=C2\SC(=O)N(Cc3ccc(Cl)cc3Cl)C2=O)cc(I)c1OCc1ccccc1Cl. The van der Waals surface area contributed by atoms with Gasteiger partial charge in [-0.3, -0.25) is 14.5 Å². The average molecular weight is 661 g/mol. The fourth-order valence-electron chi connectivity index (χ4n) is 3.34. The van der Waals surface area contributed by atoms with Gasteiger partial charge in [0.05, 0.1) is 22.1 Å². The summed E-state index contributed by atoms with van der Waals surface area (Å²) in [7, 11) is 1.54. The van der Waals surface area contributed by atoms with E-state index in [1.165, 1.54) is 0 Å². The summed E-state index contributed by atoms with van der Waals surface area (Å²) in [5.41, 5.74) is 2.19. The van der Waals surface area contributed by atoms with Gasteiger partial charge in [-0.25, -0.2) is 0 Å². The van der Waals surface area contributed by atoms with Gasteiger partial charge >= 0.3 is 0 Å². The lowest BCUT2D eigenvalue weighted by Crippen LogP contribution is -2.27. The zero-order valence-electron chi connectivity index (χ0n) is 18.2. The van der Waals surface area contributed by atoms with Crippen molar-refractivity contribution in [3.05, 3.63) is 94.8 Å². The van der Waals surface area contributed by atoms with Crippen LogP contribution in [0.1, 0.15) is 16.7 Å². The number of imide groups is 1. The maximum Gasteiger partial charge on any atom is 0.293 e. The minimum Gasteiger partial charge on any atom is -0.493 e. The van der Waals surface area contributed by atoms with Crippen LogP contribution < -0.4 is 9.47 Å². The van der Waals surface area contributed by atoms with E-state index in [1.807, 2.05) is 24.3 Å². The molecule has 1 fully saturated rings. The number of halogens is 4. The zero-order valence-corrected chi connectivity index (χ0v) is 23.4. The third-order valence-electron chi connectivity index (χ3n) is 5.10. The predicted octanol–water partition coefficient (Wildman–Crippen LogP) is 8.08. The highest BCUT2D eigenvalue weighted by Crippen LogP contribution is 2.38. The van der Waals surface area contributed by atoms with Crippen LogP contribution in [0.2, 0.25) is 15.1 Å². The molecule has 180 valence electrons. The molecule has 4 rings (SSSR count). The van der Waals surface area contributed by atoms with Gasteiger partial charge in [-0.2, -0.15) is 0 Å². The van der Waals surface area contributed by atoms with Gasteiger partial charge in [-0.1, -0.05) is 59.1 Å². The van der Waals surface area contributed by atoms with E-state index in [1.54, 1.807) is 43.5 Å². The number of nitrogens with zero attached hydrogens (tertiary/aromatic N) is 1. The molecular formula is C25H17Cl3INO4S. The third-order valence-corrected chi connectivity index (χ3v) is 7.76. The van der Waals surface area contributed by atoms with Crippen LogP contribution >= 0.6 is 69.2 Å². The Morgan fingerprint density at radius 3 is 2.49 bits per heavy atom. The molecule has 0 atom stereocenters. The average Bonchev–Trinajstić information content (AvgIpc) is 3.08. The Labute approximate surface area is 235 Å². The number of carbonyl (C=O) groups excluding carboxylic acids is 2. The van der Waals surface area contributed by atoms with E-state index in [0.717, 1.165) is 25.8 Å². The van der Waals surface area contributed by atoms with E-state index < -0.39 is 0 Å². The van der Waals surface area contributed by atoms with Gasteiger partial charge in [0.15, 0.2) is 11.5 Å². The van der Waals surface area contributed by atoms with E-state index >= 15 is 0 Å². The third kappa shape index (κ3) is 6.09. The first-order chi connectivity index (χ1) is 16.8. The number of benzene rings is 3. The molecule has 0 spiro atoms. The molecule has 0 saturated carbocycles. The lowest BCUT2D eigenvalue weighted by atomic mass is 10.1. The number of carbonyl (C=O) groups is 2. The van der Waals surface area contributed by atoms with Gasteiger partial charge in [0.25, 0.3) is 11.1 Å². The highest BCUT2D eigenvalue weighted by Gasteiger charge is 2.35. The van der Waals surface area contributed by atoms with Crippen molar-refractivity contribution in [3.63, 3.8) is 0 Å². The molecule has 10 heteroatoms. The highest BCUT2D eigenvalue weighted by molar-refractivity contribution is 14.1. The summed E-state index contributed by atoms with van der Waals surface area (Å²) in [5, 5.41) is 1.13. The Bertz CT molecular complexity index is 1350. The fourth-order valence-corrected chi connectivity index (χ4v) is 5.61. The number of hydrogen-bond acceptors (Lipinski definition) is 5. The monoisotopic (exact) mass is 659 g/mol. The molecule has 0 aliphatic carbocycles. The molecule has 1 saturated heterocycles. The van der Waals surface area contributed by atoms with Crippen molar-refractivity contribution in [2.75, 3.05) is 7.11 Å². The molecule has 1 heterocycles. The van der Waals surface area contributed by atoms with Crippen LogP contribution in [0.5, 0.6) is 11.5 Å². The van der Waals surface area contributed by atoms with Crippen molar-refractivity contribution in [1.82, 2.24) is 4.90 Å². The van der Waals surface area contributed by atoms with Gasteiger partial charge in [-0.05, 0) is 81.9 Å². The first-order valence-corrected chi connectivity index (χ1v) is 13.2. The number of rotatable bonds is 7. The molecule has 0 unspecified atom stereocenters. The van der Waals surface area contributed by atoms with E-state index in [0.29, 0.717) is 42.6 Å².